The number of carbonyl (C=O) groups is 1. The fraction of sp³-hybridized carbons (Fsp3) is 0.400. The summed E-state index contributed by atoms with van der Waals surface area (Å²) < 4.78 is 0. The van der Waals surface area contributed by atoms with Crippen LogP contribution in [0.25, 0.3) is 10.9 Å². The Hall–Kier alpha value is -1.81. The average Bonchev–Trinajstić information content (AvgIpc) is 2.96. The minimum atomic E-state index is -0.704. The summed E-state index contributed by atoms with van der Waals surface area (Å²) in [6.07, 6.45) is 0.670. The molecule has 1 aliphatic heterocycles. The van der Waals surface area contributed by atoms with E-state index in [1.54, 1.807) is 0 Å². The number of aromatic amines is 1. The number of rotatable bonds is 2. The molecule has 1 saturated heterocycles. The number of hydrogen-bond acceptors (Lipinski definition) is 2. The summed E-state index contributed by atoms with van der Waals surface area (Å²) in [7, 11) is 0. The van der Waals surface area contributed by atoms with E-state index in [-0.39, 0.29) is 12.0 Å². The Labute approximate surface area is 111 Å². The molecule has 2 aromatic rings. The molecule has 4 nitrogen and oxygen atoms in total. The van der Waals surface area contributed by atoms with Crippen LogP contribution in [0.3, 0.4) is 0 Å². The van der Waals surface area contributed by atoms with Crippen LogP contribution in [0.1, 0.15) is 29.3 Å². The van der Waals surface area contributed by atoms with Crippen LogP contribution in [-0.4, -0.2) is 22.6 Å². The van der Waals surface area contributed by atoms with Gasteiger partial charge < -0.3 is 15.4 Å². The molecule has 0 bridgehead atoms. The van der Waals surface area contributed by atoms with E-state index >= 15 is 0 Å². The third kappa shape index (κ3) is 2.02. The Morgan fingerprint density at radius 1 is 1.37 bits per heavy atom. The third-order valence-electron chi connectivity index (χ3n) is 4.21. The number of carboxylic acid groups (broad SMARTS) is 1. The molecule has 19 heavy (non-hydrogen) atoms. The molecular formula is C15H18N2O2. The molecular weight excluding hydrogens is 240 g/mol. The van der Waals surface area contributed by atoms with E-state index in [4.69, 9.17) is 5.11 Å². The van der Waals surface area contributed by atoms with Crippen molar-refractivity contribution in [1.29, 1.82) is 0 Å². The van der Waals surface area contributed by atoms with E-state index < -0.39 is 5.97 Å². The number of fused-ring (bicyclic) bond motifs is 1. The molecule has 0 aliphatic carbocycles. The standard InChI is InChI=1S/C15H18N2O2/c1-8-9(2)17-13-4-3-10(5-12(8)13)14-6-11(7-16-14)15(18)19/h3-5,11,14,16-17H,6-7H2,1-2H3,(H,18,19). The highest BCUT2D eigenvalue weighted by Crippen LogP contribution is 2.30. The molecule has 0 spiro atoms. The Balaban J connectivity index is 1.94. The van der Waals surface area contributed by atoms with Crippen molar-refractivity contribution in [1.82, 2.24) is 10.3 Å². The van der Waals surface area contributed by atoms with Gasteiger partial charge in [-0.15, -0.1) is 0 Å². The van der Waals surface area contributed by atoms with Crippen LogP contribution < -0.4 is 5.32 Å². The Bertz CT molecular complexity index is 645. The molecule has 100 valence electrons. The van der Waals surface area contributed by atoms with Gasteiger partial charge in [0.1, 0.15) is 0 Å². The lowest BCUT2D eigenvalue weighted by Crippen LogP contribution is -2.17. The van der Waals surface area contributed by atoms with E-state index in [9.17, 15) is 4.79 Å². The molecule has 1 aromatic carbocycles. The first-order chi connectivity index (χ1) is 9.06. The highest BCUT2D eigenvalue weighted by molar-refractivity contribution is 5.85. The molecule has 0 radical (unpaired) electrons. The second-order valence-corrected chi connectivity index (χ2v) is 5.41. The van der Waals surface area contributed by atoms with E-state index in [2.05, 4.69) is 42.3 Å². The molecule has 1 aliphatic rings. The molecule has 3 rings (SSSR count). The van der Waals surface area contributed by atoms with Crippen molar-refractivity contribution in [3.8, 4) is 0 Å². The summed E-state index contributed by atoms with van der Waals surface area (Å²) in [6, 6.07) is 6.50. The highest BCUT2D eigenvalue weighted by atomic mass is 16.4. The smallest absolute Gasteiger partial charge is 0.307 e. The summed E-state index contributed by atoms with van der Waals surface area (Å²) in [6.45, 7) is 4.74. The van der Waals surface area contributed by atoms with Crippen LogP contribution in [0.2, 0.25) is 0 Å². The van der Waals surface area contributed by atoms with Gasteiger partial charge in [0.2, 0.25) is 0 Å². The summed E-state index contributed by atoms with van der Waals surface area (Å²) >= 11 is 0. The van der Waals surface area contributed by atoms with E-state index in [1.807, 2.05) is 0 Å². The Morgan fingerprint density at radius 2 is 2.16 bits per heavy atom. The minimum absolute atomic E-state index is 0.153. The molecule has 1 aromatic heterocycles. The van der Waals surface area contributed by atoms with Gasteiger partial charge in [0.15, 0.2) is 0 Å². The molecule has 1 fully saturated rings. The SMILES string of the molecule is Cc1[nH]c2ccc(C3CC(C(=O)O)CN3)cc2c1C. The number of nitrogens with one attached hydrogen (secondary N) is 2. The fourth-order valence-electron chi connectivity index (χ4n) is 2.87. The van der Waals surface area contributed by atoms with Gasteiger partial charge >= 0.3 is 5.97 Å². The minimum Gasteiger partial charge on any atom is -0.481 e. The van der Waals surface area contributed by atoms with Crippen molar-refractivity contribution in [2.45, 2.75) is 26.3 Å². The number of aromatic nitrogens is 1. The van der Waals surface area contributed by atoms with Gasteiger partial charge in [0, 0.05) is 29.2 Å². The average molecular weight is 258 g/mol. The van der Waals surface area contributed by atoms with E-state index in [1.165, 1.54) is 22.2 Å². The summed E-state index contributed by atoms with van der Waals surface area (Å²) in [5, 5.41) is 13.6. The molecule has 4 heteroatoms. The summed E-state index contributed by atoms with van der Waals surface area (Å²) in [5.74, 6) is -0.973. The van der Waals surface area contributed by atoms with Crippen LogP contribution in [0.4, 0.5) is 0 Å². The lowest BCUT2D eigenvalue weighted by atomic mass is 9.98. The van der Waals surface area contributed by atoms with Crippen molar-refractivity contribution < 1.29 is 9.90 Å². The zero-order chi connectivity index (χ0) is 13.6. The lowest BCUT2D eigenvalue weighted by molar-refractivity contribution is -0.141. The quantitative estimate of drug-likeness (QED) is 0.775. The van der Waals surface area contributed by atoms with Crippen LogP contribution in [-0.2, 0) is 4.79 Å². The zero-order valence-corrected chi connectivity index (χ0v) is 11.2. The number of aliphatic carboxylic acids is 1. The molecule has 0 amide bonds. The summed E-state index contributed by atoms with van der Waals surface area (Å²) in [4.78, 5) is 14.4. The van der Waals surface area contributed by atoms with Crippen molar-refractivity contribution in [3.05, 3.63) is 35.0 Å². The molecule has 0 saturated carbocycles. The molecule has 2 atom stereocenters. The predicted molar refractivity (Wildman–Crippen MR) is 74.3 cm³/mol. The van der Waals surface area contributed by atoms with Gasteiger partial charge in [0.05, 0.1) is 5.92 Å². The normalized spacial score (nSPS) is 23.1. The number of H-pyrrole nitrogens is 1. The number of carboxylic acids is 1. The van der Waals surface area contributed by atoms with E-state index in [0.29, 0.717) is 13.0 Å². The van der Waals surface area contributed by atoms with Crippen molar-refractivity contribution in [3.63, 3.8) is 0 Å². The second-order valence-electron chi connectivity index (χ2n) is 5.41. The maximum Gasteiger partial charge on any atom is 0.307 e. The van der Waals surface area contributed by atoms with Crippen LogP contribution in [0.5, 0.6) is 0 Å². The lowest BCUT2D eigenvalue weighted by Gasteiger charge is -2.10. The number of benzene rings is 1. The third-order valence-corrected chi connectivity index (χ3v) is 4.21. The monoisotopic (exact) mass is 258 g/mol. The van der Waals surface area contributed by atoms with Gasteiger partial charge in [0.25, 0.3) is 0 Å². The number of aryl methyl sites for hydroxylation is 2. The molecule has 2 unspecified atom stereocenters. The Kier molecular flexibility index (Phi) is 2.82. The Morgan fingerprint density at radius 3 is 2.84 bits per heavy atom. The molecule has 3 N–H and O–H groups in total. The fourth-order valence-corrected chi connectivity index (χ4v) is 2.87. The van der Waals surface area contributed by atoms with Crippen LogP contribution >= 0.6 is 0 Å². The summed E-state index contributed by atoms with van der Waals surface area (Å²) in [5.41, 5.74) is 4.78. The van der Waals surface area contributed by atoms with Crippen molar-refractivity contribution in [2.24, 2.45) is 5.92 Å². The topological polar surface area (TPSA) is 65.1 Å². The number of hydrogen-bond donors (Lipinski definition) is 3. The van der Waals surface area contributed by atoms with Crippen molar-refractivity contribution in [2.75, 3.05) is 6.54 Å². The van der Waals surface area contributed by atoms with Crippen LogP contribution in [0, 0.1) is 19.8 Å². The van der Waals surface area contributed by atoms with Gasteiger partial charge in [-0.1, -0.05) is 6.07 Å². The first-order valence-corrected chi connectivity index (χ1v) is 6.61. The van der Waals surface area contributed by atoms with Gasteiger partial charge in [-0.2, -0.15) is 0 Å². The first-order valence-electron chi connectivity index (χ1n) is 6.61. The first kappa shape index (κ1) is 12.2. The predicted octanol–water partition coefficient (Wildman–Crippen LogP) is 2.52. The van der Waals surface area contributed by atoms with Gasteiger partial charge in [-0.25, -0.2) is 0 Å². The maximum atomic E-state index is 11.0. The zero-order valence-electron chi connectivity index (χ0n) is 11.2. The second kappa shape index (κ2) is 4.38. The van der Waals surface area contributed by atoms with Crippen molar-refractivity contribution >= 4 is 16.9 Å². The largest absolute Gasteiger partial charge is 0.481 e. The van der Waals surface area contributed by atoms with Gasteiger partial charge in [-0.05, 0) is 43.5 Å². The van der Waals surface area contributed by atoms with E-state index in [0.717, 1.165) is 5.52 Å². The van der Waals surface area contributed by atoms with Gasteiger partial charge in [-0.3, -0.25) is 4.79 Å². The molecule has 2 heterocycles. The highest BCUT2D eigenvalue weighted by Gasteiger charge is 2.30. The maximum absolute atomic E-state index is 11.0. The van der Waals surface area contributed by atoms with Crippen LogP contribution in [0.15, 0.2) is 18.2 Å².